The van der Waals surface area contributed by atoms with Crippen molar-refractivity contribution >= 4 is 34.2 Å². The second kappa shape index (κ2) is 7.93. The van der Waals surface area contributed by atoms with Gasteiger partial charge in [0.15, 0.2) is 0 Å². The fraction of sp³-hybridized carbons (Fsp3) is 0.286. The summed E-state index contributed by atoms with van der Waals surface area (Å²) in [5.74, 6) is -1.82. The molecule has 2 amide bonds. The maximum absolute atomic E-state index is 12.9. The number of carbonyl (C=O) groups excluding carboxylic acids is 2. The summed E-state index contributed by atoms with van der Waals surface area (Å²) in [6.45, 7) is 0.344. The number of fused-ring (bicyclic) bond motifs is 1. The number of alkyl halides is 3. The molecule has 3 aromatic rings. The molecule has 0 atom stereocenters. The minimum atomic E-state index is -4.98. The molecule has 0 spiro atoms. The quantitative estimate of drug-likeness (QED) is 0.556. The fourth-order valence-corrected chi connectivity index (χ4v) is 3.24. The van der Waals surface area contributed by atoms with Crippen LogP contribution < -0.4 is 15.5 Å². The van der Waals surface area contributed by atoms with Crippen LogP contribution in [0, 0.1) is 0 Å². The van der Waals surface area contributed by atoms with Gasteiger partial charge in [0.1, 0.15) is 5.82 Å². The van der Waals surface area contributed by atoms with Crippen molar-refractivity contribution in [3.63, 3.8) is 0 Å². The average Bonchev–Trinajstić information content (AvgIpc) is 3.48. The first kappa shape index (κ1) is 20.7. The molecule has 1 saturated carbocycles. The molecule has 4 rings (SSSR count). The largest absolute Gasteiger partial charge is 0.471 e. The number of pyridine rings is 1. The summed E-state index contributed by atoms with van der Waals surface area (Å²) in [5.41, 5.74) is 1.62. The number of anilines is 2. The molecule has 1 aliphatic carbocycles. The maximum atomic E-state index is 12.9. The predicted octanol–water partition coefficient (Wildman–Crippen LogP) is 3.59. The number of halogens is 3. The first-order valence-corrected chi connectivity index (χ1v) is 9.69. The van der Waals surface area contributed by atoms with Gasteiger partial charge >= 0.3 is 12.1 Å². The van der Waals surface area contributed by atoms with Crippen molar-refractivity contribution in [1.82, 2.24) is 15.3 Å². The first-order chi connectivity index (χ1) is 14.7. The molecule has 7 nitrogen and oxygen atoms in total. The summed E-state index contributed by atoms with van der Waals surface area (Å²) in [7, 11) is 1.06. The average molecular weight is 431 g/mol. The number of amides is 2. The molecular formula is C21H20F3N5O2. The van der Waals surface area contributed by atoms with Crippen LogP contribution in [0.3, 0.4) is 0 Å². The maximum Gasteiger partial charge on any atom is 0.471 e. The van der Waals surface area contributed by atoms with E-state index in [1.54, 1.807) is 12.3 Å². The summed E-state index contributed by atoms with van der Waals surface area (Å²) in [5, 5.41) is 6.62. The highest BCUT2D eigenvalue weighted by Gasteiger charge is 2.41. The van der Waals surface area contributed by atoms with Gasteiger partial charge in [-0.05, 0) is 43.2 Å². The molecule has 1 fully saturated rings. The van der Waals surface area contributed by atoms with Crippen LogP contribution in [0.2, 0.25) is 0 Å². The van der Waals surface area contributed by atoms with Crippen LogP contribution in [-0.2, 0) is 11.3 Å². The Morgan fingerprint density at radius 3 is 2.65 bits per heavy atom. The predicted molar refractivity (Wildman–Crippen MR) is 110 cm³/mol. The Kier molecular flexibility index (Phi) is 5.30. The number of nitrogens with zero attached hydrogens (tertiary/aromatic N) is 2. The summed E-state index contributed by atoms with van der Waals surface area (Å²) in [6.07, 6.45) is -1.49. The molecule has 10 heteroatoms. The van der Waals surface area contributed by atoms with E-state index in [9.17, 15) is 22.8 Å². The molecule has 0 bridgehead atoms. The smallest absolute Gasteiger partial charge is 0.365 e. The standard InChI is InChI=1S/C21H20F3N5O2/c1-29(20(31)21(22,23)24)14-7-8-15-16(10-14)28-18(17(15)19(30)27-12-5-6-12)26-11-13-4-2-3-9-25-13/h2-4,7-10,12,26,28H,5-6,11H2,1H3,(H,27,30). The van der Waals surface area contributed by atoms with Gasteiger partial charge in [-0.25, -0.2) is 0 Å². The van der Waals surface area contributed by atoms with Gasteiger partial charge in [0.25, 0.3) is 5.91 Å². The van der Waals surface area contributed by atoms with Gasteiger partial charge in [-0.2, -0.15) is 13.2 Å². The highest BCUT2D eigenvalue weighted by atomic mass is 19.4. The summed E-state index contributed by atoms with van der Waals surface area (Å²) in [6, 6.07) is 9.94. The molecule has 0 unspecified atom stereocenters. The van der Waals surface area contributed by atoms with Crippen LogP contribution >= 0.6 is 0 Å². The lowest BCUT2D eigenvalue weighted by molar-refractivity contribution is -0.170. The van der Waals surface area contributed by atoms with Crippen LogP contribution in [0.15, 0.2) is 42.6 Å². The second-order valence-corrected chi connectivity index (χ2v) is 7.39. The Morgan fingerprint density at radius 1 is 1.23 bits per heavy atom. The molecule has 31 heavy (non-hydrogen) atoms. The molecule has 2 aromatic heterocycles. The molecule has 1 aliphatic rings. The first-order valence-electron chi connectivity index (χ1n) is 9.69. The minimum absolute atomic E-state index is 0.0569. The Balaban J connectivity index is 1.68. The van der Waals surface area contributed by atoms with Crippen molar-refractivity contribution in [2.45, 2.75) is 31.6 Å². The highest BCUT2D eigenvalue weighted by Crippen LogP contribution is 2.32. The Morgan fingerprint density at radius 2 is 2.00 bits per heavy atom. The summed E-state index contributed by atoms with van der Waals surface area (Å²) >= 11 is 0. The van der Waals surface area contributed by atoms with Crippen molar-refractivity contribution in [3.8, 4) is 0 Å². The van der Waals surface area contributed by atoms with Gasteiger partial charge in [-0.1, -0.05) is 6.07 Å². The molecular weight excluding hydrogens is 411 g/mol. The Bertz CT molecular complexity index is 1120. The van der Waals surface area contributed by atoms with E-state index in [4.69, 9.17) is 0 Å². The van der Waals surface area contributed by atoms with Crippen LogP contribution in [0.1, 0.15) is 28.9 Å². The van der Waals surface area contributed by atoms with Crippen LogP contribution in [0.5, 0.6) is 0 Å². The van der Waals surface area contributed by atoms with Gasteiger partial charge in [-0.15, -0.1) is 0 Å². The lowest BCUT2D eigenvalue weighted by atomic mass is 10.1. The third-order valence-electron chi connectivity index (χ3n) is 5.03. The monoisotopic (exact) mass is 431 g/mol. The Labute approximate surface area is 175 Å². The minimum Gasteiger partial charge on any atom is -0.365 e. The topological polar surface area (TPSA) is 90.1 Å². The number of aromatic amines is 1. The fourth-order valence-electron chi connectivity index (χ4n) is 3.24. The molecule has 1 aromatic carbocycles. The molecule has 0 saturated heterocycles. The van der Waals surface area contributed by atoms with Crippen molar-refractivity contribution in [2.24, 2.45) is 0 Å². The van der Waals surface area contributed by atoms with Gasteiger partial charge in [0.2, 0.25) is 0 Å². The summed E-state index contributed by atoms with van der Waals surface area (Å²) < 4.78 is 38.4. The summed E-state index contributed by atoms with van der Waals surface area (Å²) in [4.78, 5) is 32.3. The van der Waals surface area contributed by atoms with Crippen LogP contribution in [-0.4, -0.2) is 41.0 Å². The SMILES string of the molecule is CN(C(=O)C(F)(F)F)c1ccc2c(C(=O)NC3CC3)c(NCc3ccccn3)[nH]c2c1. The van der Waals surface area contributed by atoms with Crippen molar-refractivity contribution in [1.29, 1.82) is 0 Å². The number of H-pyrrole nitrogens is 1. The molecule has 0 radical (unpaired) electrons. The number of rotatable bonds is 6. The molecule has 0 aliphatic heterocycles. The van der Waals surface area contributed by atoms with E-state index in [2.05, 4.69) is 20.6 Å². The van der Waals surface area contributed by atoms with E-state index in [1.165, 1.54) is 18.2 Å². The normalized spacial score (nSPS) is 13.8. The van der Waals surface area contributed by atoms with E-state index in [0.29, 0.717) is 33.7 Å². The zero-order valence-corrected chi connectivity index (χ0v) is 16.6. The van der Waals surface area contributed by atoms with Gasteiger partial charge in [-0.3, -0.25) is 14.6 Å². The van der Waals surface area contributed by atoms with E-state index in [0.717, 1.165) is 25.6 Å². The van der Waals surface area contributed by atoms with Crippen LogP contribution in [0.25, 0.3) is 10.9 Å². The number of hydrogen-bond acceptors (Lipinski definition) is 4. The number of nitrogens with one attached hydrogen (secondary N) is 3. The van der Waals surface area contributed by atoms with E-state index >= 15 is 0 Å². The van der Waals surface area contributed by atoms with E-state index in [-0.39, 0.29) is 17.6 Å². The lowest BCUT2D eigenvalue weighted by Crippen LogP contribution is -2.38. The Hall–Kier alpha value is -3.56. The lowest BCUT2D eigenvalue weighted by Gasteiger charge is -2.18. The third kappa shape index (κ3) is 4.47. The van der Waals surface area contributed by atoms with Crippen molar-refractivity contribution in [2.75, 3.05) is 17.3 Å². The van der Waals surface area contributed by atoms with Gasteiger partial charge in [0, 0.05) is 35.9 Å². The number of carbonyl (C=O) groups is 2. The zero-order valence-electron chi connectivity index (χ0n) is 16.6. The zero-order chi connectivity index (χ0) is 22.2. The second-order valence-electron chi connectivity index (χ2n) is 7.39. The van der Waals surface area contributed by atoms with Crippen molar-refractivity contribution < 1.29 is 22.8 Å². The number of benzene rings is 1. The van der Waals surface area contributed by atoms with Gasteiger partial charge < -0.3 is 20.5 Å². The number of aromatic nitrogens is 2. The third-order valence-corrected chi connectivity index (χ3v) is 5.03. The highest BCUT2D eigenvalue weighted by molar-refractivity contribution is 6.12. The van der Waals surface area contributed by atoms with E-state index in [1.807, 2.05) is 12.1 Å². The molecule has 162 valence electrons. The molecule has 3 N–H and O–H groups in total. The van der Waals surface area contributed by atoms with Gasteiger partial charge in [0.05, 0.1) is 17.8 Å². The van der Waals surface area contributed by atoms with Crippen molar-refractivity contribution in [3.05, 3.63) is 53.9 Å². The number of hydrogen-bond donors (Lipinski definition) is 3. The molecule has 2 heterocycles. The van der Waals surface area contributed by atoms with E-state index < -0.39 is 12.1 Å². The van der Waals surface area contributed by atoms with Crippen LogP contribution in [0.4, 0.5) is 24.7 Å².